The standard InChI is InChI=1S/C18H26N4/c1-5-13(3)19-17-12-16(15-10-8-7-9-11-15)21-18(22-17)20-14(4)6-2/h7-14H,5-6H2,1-4H3,(H2,19,20,21,22). The molecular formula is C18H26N4. The van der Waals surface area contributed by atoms with Gasteiger partial charge in [0.2, 0.25) is 5.95 Å². The largest absolute Gasteiger partial charge is 0.367 e. The molecule has 2 rings (SSSR count). The predicted octanol–water partition coefficient (Wildman–Crippen LogP) is 4.56. The zero-order valence-electron chi connectivity index (χ0n) is 13.9. The second kappa shape index (κ2) is 7.78. The molecule has 0 saturated heterocycles. The number of hydrogen-bond donors (Lipinski definition) is 2. The summed E-state index contributed by atoms with van der Waals surface area (Å²) in [5.41, 5.74) is 2.04. The van der Waals surface area contributed by atoms with Crippen LogP contribution in [0.4, 0.5) is 11.8 Å². The lowest BCUT2D eigenvalue weighted by molar-refractivity contribution is 0.746. The summed E-state index contributed by atoms with van der Waals surface area (Å²) in [6.07, 6.45) is 2.09. The van der Waals surface area contributed by atoms with Crippen molar-refractivity contribution in [2.75, 3.05) is 10.6 Å². The van der Waals surface area contributed by atoms with E-state index in [1.807, 2.05) is 24.3 Å². The van der Waals surface area contributed by atoms with E-state index in [9.17, 15) is 0 Å². The quantitative estimate of drug-likeness (QED) is 0.786. The smallest absolute Gasteiger partial charge is 0.225 e. The number of nitrogens with one attached hydrogen (secondary N) is 2. The molecule has 2 atom stereocenters. The van der Waals surface area contributed by atoms with Gasteiger partial charge in [-0.3, -0.25) is 0 Å². The Morgan fingerprint density at radius 2 is 1.55 bits per heavy atom. The number of anilines is 2. The molecule has 0 amide bonds. The Morgan fingerprint density at radius 3 is 2.18 bits per heavy atom. The van der Waals surface area contributed by atoms with Crippen molar-refractivity contribution in [3.63, 3.8) is 0 Å². The molecule has 2 aromatic rings. The highest BCUT2D eigenvalue weighted by Gasteiger charge is 2.09. The van der Waals surface area contributed by atoms with Crippen LogP contribution in [0.1, 0.15) is 40.5 Å². The fraction of sp³-hybridized carbons (Fsp3) is 0.444. The van der Waals surface area contributed by atoms with Crippen molar-refractivity contribution in [2.24, 2.45) is 0 Å². The summed E-state index contributed by atoms with van der Waals surface area (Å²) in [5.74, 6) is 1.55. The van der Waals surface area contributed by atoms with E-state index in [-0.39, 0.29) is 0 Å². The first-order chi connectivity index (χ1) is 10.6. The van der Waals surface area contributed by atoms with Crippen molar-refractivity contribution in [3.8, 4) is 11.3 Å². The molecule has 4 heteroatoms. The Balaban J connectivity index is 2.35. The van der Waals surface area contributed by atoms with Crippen LogP contribution in [-0.4, -0.2) is 22.1 Å². The van der Waals surface area contributed by atoms with E-state index < -0.39 is 0 Å². The second-order valence-electron chi connectivity index (χ2n) is 5.74. The van der Waals surface area contributed by atoms with Gasteiger partial charge in [-0.15, -0.1) is 0 Å². The minimum atomic E-state index is 0.350. The monoisotopic (exact) mass is 298 g/mol. The molecule has 0 fully saturated rings. The first-order valence-corrected chi connectivity index (χ1v) is 8.10. The van der Waals surface area contributed by atoms with Gasteiger partial charge in [0.25, 0.3) is 0 Å². The van der Waals surface area contributed by atoms with Crippen molar-refractivity contribution in [2.45, 2.75) is 52.6 Å². The Kier molecular flexibility index (Phi) is 5.75. The molecular weight excluding hydrogens is 272 g/mol. The predicted molar refractivity (Wildman–Crippen MR) is 94.2 cm³/mol. The SMILES string of the molecule is CCC(C)Nc1cc(-c2ccccc2)nc(NC(C)CC)n1. The Hall–Kier alpha value is -2.10. The number of benzene rings is 1. The molecule has 1 aromatic carbocycles. The molecule has 0 radical (unpaired) electrons. The van der Waals surface area contributed by atoms with Gasteiger partial charge in [-0.1, -0.05) is 44.2 Å². The summed E-state index contributed by atoms with van der Waals surface area (Å²) in [7, 11) is 0. The summed E-state index contributed by atoms with van der Waals surface area (Å²) in [4.78, 5) is 9.26. The van der Waals surface area contributed by atoms with E-state index in [1.54, 1.807) is 0 Å². The van der Waals surface area contributed by atoms with Gasteiger partial charge in [-0.2, -0.15) is 4.98 Å². The lowest BCUT2D eigenvalue weighted by Gasteiger charge is -2.16. The molecule has 2 N–H and O–H groups in total. The number of aromatic nitrogens is 2. The van der Waals surface area contributed by atoms with Crippen LogP contribution in [0.3, 0.4) is 0 Å². The molecule has 4 nitrogen and oxygen atoms in total. The fourth-order valence-electron chi connectivity index (χ4n) is 2.02. The highest BCUT2D eigenvalue weighted by molar-refractivity contribution is 5.64. The molecule has 2 unspecified atom stereocenters. The number of hydrogen-bond acceptors (Lipinski definition) is 4. The molecule has 0 saturated carbocycles. The number of nitrogens with zero attached hydrogens (tertiary/aromatic N) is 2. The van der Waals surface area contributed by atoms with Gasteiger partial charge in [0, 0.05) is 23.7 Å². The third-order valence-electron chi connectivity index (χ3n) is 3.79. The lowest BCUT2D eigenvalue weighted by Crippen LogP contribution is -2.18. The van der Waals surface area contributed by atoms with Crippen molar-refractivity contribution in [1.29, 1.82) is 0 Å². The van der Waals surface area contributed by atoms with Crippen molar-refractivity contribution >= 4 is 11.8 Å². The van der Waals surface area contributed by atoms with E-state index >= 15 is 0 Å². The van der Waals surface area contributed by atoms with Crippen LogP contribution >= 0.6 is 0 Å². The Bertz CT molecular complexity index is 553. The molecule has 0 spiro atoms. The second-order valence-corrected chi connectivity index (χ2v) is 5.74. The van der Waals surface area contributed by atoms with Crippen LogP contribution in [0.2, 0.25) is 0 Å². The molecule has 22 heavy (non-hydrogen) atoms. The van der Waals surface area contributed by atoms with Gasteiger partial charge in [-0.05, 0) is 26.7 Å². The van der Waals surface area contributed by atoms with E-state index in [0.29, 0.717) is 18.0 Å². The van der Waals surface area contributed by atoms with Gasteiger partial charge < -0.3 is 10.6 Å². The summed E-state index contributed by atoms with van der Waals surface area (Å²) in [5, 5.41) is 6.81. The van der Waals surface area contributed by atoms with Gasteiger partial charge in [-0.25, -0.2) is 4.98 Å². The van der Waals surface area contributed by atoms with Gasteiger partial charge in [0.15, 0.2) is 0 Å². The maximum atomic E-state index is 4.66. The zero-order valence-corrected chi connectivity index (χ0v) is 13.9. The molecule has 1 heterocycles. The Morgan fingerprint density at radius 1 is 0.909 bits per heavy atom. The maximum absolute atomic E-state index is 4.66. The minimum absolute atomic E-state index is 0.350. The lowest BCUT2D eigenvalue weighted by atomic mass is 10.1. The highest BCUT2D eigenvalue weighted by atomic mass is 15.2. The maximum Gasteiger partial charge on any atom is 0.225 e. The summed E-state index contributed by atoms with van der Waals surface area (Å²) in [6.45, 7) is 8.61. The third-order valence-corrected chi connectivity index (χ3v) is 3.79. The highest BCUT2D eigenvalue weighted by Crippen LogP contribution is 2.22. The first-order valence-electron chi connectivity index (χ1n) is 8.10. The Labute approximate surface area is 133 Å². The van der Waals surface area contributed by atoms with E-state index in [1.165, 1.54) is 0 Å². The van der Waals surface area contributed by atoms with Crippen LogP contribution in [0, 0.1) is 0 Å². The van der Waals surface area contributed by atoms with E-state index in [0.717, 1.165) is 29.9 Å². The first kappa shape index (κ1) is 16.3. The summed E-state index contributed by atoms with van der Waals surface area (Å²) in [6, 6.07) is 13.0. The molecule has 0 bridgehead atoms. The summed E-state index contributed by atoms with van der Waals surface area (Å²) < 4.78 is 0. The molecule has 0 aliphatic heterocycles. The zero-order chi connectivity index (χ0) is 15.9. The normalized spacial score (nSPS) is 13.5. The van der Waals surface area contributed by atoms with Crippen LogP contribution < -0.4 is 10.6 Å². The average Bonchev–Trinajstić information content (AvgIpc) is 2.55. The fourth-order valence-corrected chi connectivity index (χ4v) is 2.02. The number of rotatable bonds is 7. The molecule has 0 aliphatic carbocycles. The molecule has 118 valence electrons. The van der Waals surface area contributed by atoms with Crippen molar-refractivity contribution in [3.05, 3.63) is 36.4 Å². The average molecular weight is 298 g/mol. The topological polar surface area (TPSA) is 49.8 Å². The molecule has 0 aliphatic rings. The van der Waals surface area contributed by atoms with Crippen molar-refractivity contribution < 1.29 is 0 Å². The molecule has 1 aromatic heterocycles. The van der Waals surface area contributed by atoms with Crippen LogP contribution in [-0.2, 0) is 0 Å². The van der Waals surface area contributed by atoms with Gasteiger partial charge in [0.05, 0.1) is 5.69 Å². The summed E-state index contributed by atoms with van der Waals surface area (Å²) >= 11 is 0. The van der Waals surface area contributed by atoms with Gasteiger partial charge >= 0.3 is 0 Å². The van der Waals surface area contributed by atoms with E-state index in [2.05, 4.69) is 60.4 Å². The van der Waals surface area contributed by atoms with Crippen LogP contribution in [0.25, 0.3) is 11.3 Å². The van der Waals surface area contributed by atoms with E-state index in [4.69, 9.17) is 0 Å². The van der Waals surface area contributed by atoms with Crippen molar-refractivity contribution in [1.82, 2.24) is 9.97 Å². The minimum Gasteiger partial charge on any atom is -0.367 e. The van der Waals surface area contributed by atoms with Gasteiger partial charge in [0.1, 0.15) is 5.82 Å². The third kappa shape index (κ3) is 4.45. The van der Waals surface area contributed by atoms with Crippen LogP contribution in [0.5, 0.6) is 0 Å². The van der Waals surface area contributed by atoms with Crippen LogP contribution in [0.15, 0.2) is 36.4 Å².